The highest BCUT2D eigenvalue weighted by Gasteiger charge is 2.41. The summed E-state index contributed by atoms with van der Waals surface area (Å²) in [5, 5.41) is 37.9. The molecule has 19 heavy (non-hydrogen) atoms. The fourth-order valence-electron chi connectivity index (χ4n) is 2.20. The predicted molar refractivity (Wildman–Crippen MR) is 67.8 cm³/mol. The molecule has 5 atom stereocenters. The summed E-state index contributed by atoms with van der Waals surface area (Å²) in [6.07, 6.45) is -2.72. The molecule has 0 amide bonds. The lowest BCUT2D eigenvalue weighted by molar-refractivity contribution is -0.0767. The van der Waals surface area contributed by atoms with Crippen molar-refractivity contribution >= 4 is 0 Å². The largest absolute Gasteiger partial charge is 0.394 e. The van der Waals surface area contributed by atoms with E-state index >= 15 is 0 Å². The molecule has 1 saturated heterocycles. The quantitative estimate of drug-likeness (QED) is 0.236. The highest BCUT2D eigenvalue weighted by molar-refractivity contribution is 4.97. The van der Waals surface area contributed by atoms with Crippen LogP contribution in [0.2, 0.25) is 0 Å². The van der Waals surface area contributed by atoms with Crippen LogP contribution in [-0.2, 0) is 4.74 Å². The molecule has 1 heterocycles. The van der Waals surface area contributed by atoms with Crippen molar-refractivity contribution in [1.29, 1.82) is 0 Å². The maximum atomic E-state index is 9.99. The van der Waals surface area contributed by atoms with Gasteiger partial charge in [-0.2, -0.15) is 0 Å². The SMILES string of the molecule is NC(C(O)CO)C(O)C(O)C(N)(N)CC1CCCO1. The second-order valence-corrected chi connectivity index (χ2v) is 5.21. The first-order valence-corrected chi connectivity index (χ1v) is 6.39. The Hall–Kier alpha value is -0.320. The van der Waals surface area contributed by atoms with Gasteiger partial charge < -0.3 is 42.4 Å². The summed E-state index contributed by atoms with van der Waals surface area (Å²) in [7, 11) is 0. The Labute approximate surface area is 112 Å². The molecule has 1 fully saturated rings. The second kappa shape index (κ2) is 6.91. The molecule has 114 valence electrons. The van der Waals surface area contributed by atoms with Crippen LogP contribution in [0.1, 0.15) is 19.3 Å². The summed E-state index contributed by atoms with van der Waals surface area (Å²) >= 11 is 0. The van der Waals surface area contributed by atoms with Gasteiger partial charge in [-0.1, -0.05) is 0 Å². The van der Waals surface area contributed by atoms with Crippen LogP contribution >= 0.6 is 0 Å². The summed E-state index contributed by atoms with van der Waals surface area (Å²) < 4.78 is 5.37. The first-order chi connectivity index (χ1) is 8.79. The van der Waals surface area contributed by atoms with Gasteiger partial charge in [0.05, 0.1) is 30.5 Å². The van der Waals surface area contributed by atoms with E-state index in [4.69, 9.17) is 27.0 Å². The molecular formula is C11H25N3O5. The normalized spacial score (nSPS) is 27.0. The number of hydrogen-bond donors (Lipinski definition) is 7. The fraction of sp³-hybridized carbons (Fsp3) is 1.00. The van der Waals surface area contributed by atoms with Gasteiger partial charge in [0, 0.05) is 13.0 Å². The van der Waals surface area contributed by atoms with Crippen LogP contribution in [0.5, 0.6) is 0 Å². The molecule has 1 aliphatic rings. The zero-order valence-electron chi connectivity index (χ0n) is 10.9. The van der Waals surface area contributed by atoms with Crippen molar-refractivity contribution in [2.45, 2.75) is 55.4 Å². The number of hydrogen-bond acceptors (Lipinski definition) is 8. The summed E-state index contributed by atoms with van der Waals surface area (Å²) in [5.74, 6) is 0. The van der Waals surface area contributed by atoms with Gasteiger partial charge >= 0.3 is 0 Å². The Kier molecular flexibility index (Phi) is 6.09. The molecule has 10 N–H and O–H groups in total. The highest BCUT2D eigenvalue weighted by atomic mass is 16.5. The van der Waals surface area contributed by atoms with Crippen LogP contribution in [0.4, 0.5) is 0 Å². The minimum Gasteiger partial charge on any atom is -0.394 e. The Morgan fingerprint density at radius 2 is 1.89 bits per heavy atom. The summed E-state index contributed by atoms with van der Waals surface area (Å²) in [4.78, 5) is 0. The predicted octanol–water partition coefficient (Wildman–Crippen LogP) is -3.43. The molecule has 1 aliphatic heterocycles. The molecule has 0 aromatic carbocycles. The summed E-state index contributed by atoms with van der Waals surface area (Å²) in [6, 6.07) is -1.24. The van der Waals surface area contributed by atoms with Crippen molar-refractivity contribution in [3.63, 3.8) is 0 Å². The maximum absolute atomic E-state index is 9.99. The Balaban J connectivity index is 2.59. The van der Waals surface area contributed by atoms with Gasteiger partial charge in [0.1, 0.15) is 12.2 Å². The number of ether oxygens (including phenoxy) is 1. The molecule has 0 spiro atoms. The molecule has 1 rings (SSSR count). The van der Waals surface area contributed by atoms with Gasteiger partial charge in [0.15, 0.2) is 0 Å². The van der Waals surface area contributed by atoms with Crippen LogP contribution in [-0.4, -0.2) is 69.8 Å². The first-order valence-electron chi connectivity index (χ1n) is 6.39. The Morgan fingerprint density at radius 1 is 1.26 bits per heavy atom. The molecule has 0 aromatic heterocycles. The highest BCUT2D eigenvalue weighted by Crippen LogP contribution is 2.22. The van der Waals surface area contributed by atoms with Crippen molar-refractivity contribution in [2.75, 3.05) is 13.2 Å². The molecule has 0 saturated carbocycles. The van der Waals surface area contributed by atoms with Gasteiger partial charge in [-0.15, -0.1) is 0 Å². The molecule has 0 aromatic rings. The smallest absolute Gasteiger partial charge is 0.112 e. The van der Waals surface area contributed by atoms with E-state index in [2.05, 4.69) is 0 Å². The van der Waals surface area contributed by atoms with Gasteiger partial charge in [0.25, 0.3) is 0 Å². The lowest BCUT2D eigenvalue weighted by Crippen LogP contribution is -2.67. The fourth-order valence-corrected chi connectivity index (χ4v) is 2.20. The van der Waals surface area contributed by atoms with Crippen LogP contribution in [0.3, 0.4) is 0 Å². The van der Waals surface area contributed by atoms with Crippen molar-refractivity contribution in [3.05, 3.63) is 0 Å². The third kappa shape index (κ3) is 4.33. The average molecular weight is 279 g/mol. The molecule has 5 unspecified atom stereocenters. The standard InChI is InChI=1S/C11H25N3O5/c12-8(7(16)5-15)9(17)10(18)11(13,14)4-6-2-1-3-19-6/h6-10,15-18H,1-5,12-14H2. The van der Waals surface area contributed by atoms with E-state index in [1.54, 1.807) is 0 Å². The topological polar surface area (TPSA) is 168 Å². The van der Waals surface area contributed by atoms with E-state index in [-0.39, 0.29) is 12.5 Å². The summed E-state index contributed by atoms with van der Waals surface area (Å²) in [5.41, 5.74) is 15.5. The third-order valence-corrected chi connectivity index (χ3v) is 3.51. The molecule has 8 nitrogen and oxygen atoms in total. The van der Waals surface area contributed by atoms with Crippen molar-refractivity contribution in [2.24, 2.45) is 17.2 Å². The van der Waals surface area contributed by atoms with Crippen molar-refractivity contribution < 1.29 is 25.2 Å². The van der Waals surface area contributed by atoms with Gasteiger partial charge in [0.2, 0.25) is 0 Å². The van der Waals surface area contributed by atoms with E-state index in [0.29, 0.717) is 6.61 Å². The van der Waals surface area contributed by atoms with Crippen LogP contribution in [0.25, 0.3) is 0 Å². The lowest BCUT2D eigenvalue weighted by Gasteiger charge is -2.37. The number of aliphatic hydroxyl groups excluding tert-OH is 4. The third-order valence-electron chi connectivity index (χ3n) is 3.51. The minimum atomic E-state index is -1.58. The van der Waals surface area contributed by atoms with E-state index in [0.717, 1.165) is 12.8 Å². The van der Waals surface area contributed by atoms with Gasteiger partial charge in [-0.05, 0) is 12.8 Å². The second-order valence-electron chi connectivity index (χ2n) is 5.21. The number of rotatable bonds is 7. The maximum Gasteiger partial charge on any atom is 0.112 e. The molecule has 0 radical (unpaired) electrons. The first kappa shape index (κ1) is 16.7. The van der Waals surface area contributed by atoms with E-state index in [1.165, 1.54) is 0 Å². The van der Waals surface area contributed by atoms with Crippen molar-refractivity contribution in [3.8, 4) is 0 Å². The Morgan fingerprint density at radius 3 is 2.37 bits per heavy atom. The van der Waals surface area contributed by atoms with Gasteiger partial charge in [-0.25, -0.2) is 0 Å². The zero-order valence-corrected chi connectivity index (χ0v) is 10.9. The van der Waals surface area contributed by atoms with Crippen LogP contribution < -0.4 is 17.2 Å². The molecule has 8 heteroatoms. The number of aliphatic hydroxyl groups is 4. The van der Waals surface area contributed by atoms with E-state index in [1.807, 2.05) is 0 Å². The molecule has 0 bridgehead atoms. The minimum absolute atomic E-state index is 0.157. The Bertz CT molecular complexity index is 273. The number of nitrogens with two attached hydrogens (primary N) is 3. The monoisotopic (exact) mass is 279 g/mol. The molecule has 0 aliphatic carbocycles. The van der Waals surface area contributed by atoms with Crippen molar-refractivity contribution in [1.82, 2.24) is 0 Å². The average Bonchev–Trinajstić information content (AvgIpc) is 2.87. The molecular weight excluding hydrogens is 254 g/mol. The van der Waals surface area contributed by atoms with E-state index in [9.17, 15) is 15.3 Å². The zero-order chi connectivity index (χ0) is 14.6. The van der Waals surface area contributed by atoms with Crippen LogP contribution in [0, 0.1) is 0 Å². The lowest BCUT2D eigenvalue weighted by atomic mass is 9.88. The summed E-state index contributed by atoms with van der Waals surface area (Å²) in [6.45, 7) is 0.000954. The van der Waals surface area contributed by atoms with Gasteiger partial charge in [-0.3, -0.25) is 0 Å². The van der Waals surface area contributed by atoms with Crippen LogP contribution in [0.15, 0.2) is 0 Å². The van der Waals surface area contributed by atoms with E-state index < -0.39 is 36.6 Å².